The Kier molecular flexibility index (Phi) is 5.17. The fourth-order valence-corrected chi connectivity index (χ4v) is 3.29. The van der Waals surface area contributed by atoms with Crippen molar-refractivity contribution in [3.8, 4) is 11.8 Å². The highest BCUT2D eigenvalue weighted by Gasteiger charge is 2.38. The molecule has 0 heterocycles. The fourth-order valence-electron chi connectivity index (χ4n) is 3.11. The quantitative estimate of drug-likeness (QED) is 0.739. The summed E-state index contributed by atoms with van der Waals surface area (Å²) in [7, 11) is 0. The third kappa shape index (κ3) is 3.71. The molecular formula is C18H24ClNO. The number of ether oxygens (including phenoxy) is 1. The molecule has 1 aliphatic carbocycles. The maximum atomic E-state index is 9.39. The first-order valence-electron chi connectivity index (χ1n) is 7.78. The van der Waals surface area contributed by atoms with Gasteiger partial charge in [-0.25, -0.2) is 0 Å². The van der Waals surface area contributed by atoms with Crippen LogP contribution in [0.4, 0.5) is 0 Å². The lowest BCUT2D eigenvalue weighted by Gasteiger charge is -2.41. The Bertz CT molecular complexity index is 520. The number of hydrogen-bond donors (Lipinski definition) is 0. The molecule has 3 unspecified atom stereocenters. The highest BCUT2D eigenvalue weighted by atomic mass is 35.5. The molecule has 1 aliphatic rings. The van der Waals surface area contributed by atoms with E-state index in [1.807, 2.05) is 24.3 Å². The van der Waals surface area contributed by atoms with E-state index < -0.39 is 0 Å². The van der Waals surface area contributed by atoms with Crippen molar-refractivity contribution in [1.29, 1.82) is 5.26 Å². The van der Waals surface area contributed by atoms with Crippen molar-refractivity contribution in [1.82, 2.24) is 0 Å². The zero-order chi connectivity index (χ0) is 15.5. The molecule has 0 aliphatic heterocycles. The smallest absolute Gasteiger partial charge is 0.138 e. The Balaban J connectivity index is 2.15. The minimum absolute atomic E-state index is 0.0369. The van der Waals surface area contributed by atoms with Gasteiger partial charge in [-0.3, -0.25) is 0 Å². The minimum atomic E-state index is -0.0560. The molecule has 21 heavy (non-hydrogen) atoms. The Morgan fingerprint density at radius 1 is 1.33 bits per heavy atom. The average Bonchev–Trinajstić information content (AvgIpc) is 2.49. The molecule has 0 saturated heterocycles. The summed E-state index contributed by atoms with van der Waals surface area (Å²) >= 11 is 6.18. The number of hydrogen-bond acceptors (Lipinski definition) is 2. The molecular weight excluding hydrogens is 282 g/mol. The van der Waals surface area contributed by atoms with Gasteiger partial charge in [-0.15, -0.1) is 0 Å². The van der Waals surface area contributed by atoms with Crippen molar-refractivity contribution in [3.05, 3.63) is 29.3 Å². The summed E-state index contributed by atoms with van der Waals surface area (Å²) in [6.45, 7) is 6.87. The fraction of sp³-hybridized carbons (Fsp3) is 0.611. The summed E-state index contributed by atoms with van der Waals surface area (Å²) < 4.78 is 6.11. The molecule has 3 heteroatoms. The van der Waals surface area contributed by atoms with Crippen molar-refractivity contribution in [2.45, 2.75) is 52.6 Å². The van der Waals surface area contributed by atoms with E-state index in [0.29, 0.717) is 22.1 Å². The first-order chi connectivity index (χ1) is 9.97. The zero-order valence-corrected chi connectivity index (χ0v) is 13.9. The van der Waals surface area contributed by atoms with Gasteiger partial charge >= 0.3 is 0 Å². The summed E-state index contributed by atoms with van der Waals surface area (Å²) in [4.78, 5) is 0. The highest BCUT2D eigenvalue weighted by molar-refractivity contribution is 6.32. The van der Waals surface area contributed by atoms with Crippen molar-refractivity contribution >= 4 is 11.6 Å². The number of benzene rings is 1. The van der Waals surface area contributed by atoms with Crippen LogP contribution in [-0.4, -0.2) is 6.10 Å². The van der Waals surface area contributed by atoms with Gasteiger partial charge in [0.25, 0.3) is 0 Å². The first kappa shape index (κ1) is 16.2. The molecule has 3 atom stereocenters. The Labute approximate surface area is 133 Å². The predicted octanol–water partition coefficient (Wildman–Crippen LogP) is 5.46. The van der Waals surface area contributed by atoms with Crippen LogP contribution in [0.25, 0.3) is 0 Å². The van der Waals surface area contributed by atoms with Gasteiger partial charge in [0, 0.05) is 0 Å². The Morgan fingerprint density at radius 2 is 2.05 bits per heavy atom. The van der Waals surface area contributed by atoms with E-state index in [2.05, 4.69) is 26.8 Å². The number of para-hydroxylation sites is 1. The van der Waals surface area contributed by atoms with Crippen molar-refractivity contribution in [2.24, 2.45) is 17.3 Å². The van der Waals surface area contributed by atoms with Crippen molar-refractivity contribution < 1.29 is 4.74 Å². The Hall–Kier alpha value is -1.20. The number of nitriles is 1. The largest absolute Gasteiger partial charge is 0.487 e. The number of rotatable bonds is 4. The number of halogens is 1. The van der Waals surface area contributed by atoms with E-state index in [1.165, 1.54) is 0 Å². The van der Waals surface area contributed by atoms with Gasteiger partial charge in [0.1, 0.15) is 11.9 Å². The van der Waals surface area contributed by atoms with Crippen molar-refractivity contribution in [3.63, 3.8) is 0 Å². The van der Waals surface area contributed by atoms with Crippen molar-refractivity contribution in [2.75, 3.05) is 0 Å². The van der Waals surface area contributed by atoms with Crippen LogP contribution in [0.2, 0.25) is 5.02 Å². The van der Waals surface area contributed by atoms with Gasteiger partial charge in [0.2, 0.25) is 0 Å². The maximum absolute atomic E-state index is 9.39. The lowest BCUT2D eigenvalue weighted by atomic mass is 9.67. The van der Waals surface area contributed by atoms with Crippen LogP contribution in [0, 0.1) is 28.6 Å². The molecule has 0 radical (unpaired) electrons. The lowest BCUT2D eigenvalue weighted by Crippen LogP contribution is -2.38. The topological polar surface area (TPSA) is 33.0 Å². The molecule has 0 bridgehead atoms. The van der Waals surface area contributed by atoms with E-state index >= 15 is 0 Å². The molecule has 1 fully saturated rings. The Morgan fingerprint density at radius 3 is 2.67 bits per heavy atom. The zero-order valence-electron chi connectivity index (χ0n) is 13.1. The van der Waals surface area contributed by atoms with Gasteiger partial charge < -0.3 is 4.74 Å². The summed E-state index contributed by atoms with van der Waals surface area (Å²) in [5.74, 6) is 1.25. The van der Waals surface area contributed by atoms with E-state index in [9.17, 15) is 5.26 Å². The second-order valence-corrected chi connectivity index (χ2v) is 7.08. The monoisotopic (exact) mass is 305 g/mol. The van der Waals surface area contributed by atoms with E-state index in [1.54, 1.807) is 0 Å². The van der Waals surface area contributed by atoms with Gasteiger partial charge in [0.05, 0.1) is 17.0 Å². The normalized spacial score (nSPS) is 26.1. The molecule has 1 aromatic carbocycles. The third-order valence-corrected chi connectivity index (χ3v) is 5.40. The standard InChI is InChI=1S/C18H24ClNO/c1-4-18(2,3)14-10-9-13(12-20)17(11-14)21-16-8-6-5-7-15(16)19/h5-8,13-14,17H,4,9-11H2,1-3H3. The first-order valence-corrected chi connectivity index (χ1v) is 8.16. The van der Waals surface area contributed by atoms with Crippen LogP contribution in [-0.2, 0) is 0 Å². The average molecular weight is 306 g/mol. The van der Waals surface area contributed by atoms with Gasteiger partial charge in [-0.1, -0.05) is 50.9 Å². The number of nitrogens with zero attached hydrogens (tertiary/aromatic N) is 1. The molecule has 0 spiro atoms. The highest BCUT2D eigenvalue weighted by Crippen LogP contribution is 2.43. The summed E-state index contributed by atoms with van der Waals surface area (Å²) in [6.07, 6.45) is 4.05. The van der Waals surface area contributed by atoms with Crippen LogP contribution in [0.5, 0.6) is 5.75 Å². The summed E-state index contributed by atoms with van der Waals surface area (Å²) in [5, 5.41) is 10.0. The molecule has 2 nitrogen and oxygen atoms in total. The van der Waals surface area contributed by atoms with Crippen LogP contribution in [0.15, 0.2) is 24.3 Å². The van der Waals surface area contributed by atoms with Crippen LogP contribution < -0.4 is 4.74 Å². The molecule has 2 rings (SSSR count). The van der Waals surface area contributed by atoms with Gasteiger partial charge in [0.15, 0.2) is 0 Å². The second kappa shape index (κ2) is 6.71. The lowest BCUT2D eigenvalue weighted by molar-refractivity contribution is 0.0410. The van der Waals surface area contributed by atoms with E-state index in [4.69, 9.17) is 16.3 Å². The van der Waals surface area contributed by atoms with Crippen LogP contribution in [0.1, 0.15) is 46.5 Å². The van der Waals surface area contributed by atoms with E-state index in [0.717, 1.165) is 25.7 Å². The molecule has 114 valence electrons. The predicted molar refractivity (Wildman–Crippen MR) is 86.4 cm³/mol. The molecule has 1 saturated carbocycles. The van der Waals surface area contributed by atoms with Gasteiger partial charge in [-0.05, 0) is 42.7 Å². The molecule has 0 N–H and O–H groups in total. The van der Waals surface area contributed by atoms with Crippen LogP contribution >= 0.6 is 11.6 Å². The minimum Gasteiger partial charge on any atom is -0.487 e. The van der Waals surface area contributed by atoms with Crippen LogP contribution in [0.3, 0.4) is 0 Å². The molecule has 0 aromatic heterocycles. The second-order valence-electron chi connectivity index (χ2n) is 6.67. The van der Waals surface area contributed by atoms with Gasteiger partial charge in [-0.2, -0.15) is 5.26 Å². The SMILES string of the molecule is CCC(C)(C)C1CCC(C#N)C(Oc2ccccc2Cl)C1. The third-order valence-electron chi connectivity index (χ3n) is 5.09. The molecule has 0 amide bonds. The van der Waals surface area contributed by atoms with E-state index in [-0.39, 0.29) is 12.0 Å². The summed E-state index contributed by atoms with van der Waals surface area (Å²) in [6, 6.07) is 9.93. The maximum Gasteiger partial charge on any atom is 0.138 e. The molecule has 1 aromatic rings. The summed E-state index contributed by atoms with van der Waals surface area (Å²) in [5.41, 5.74) is 0.294.